The molecule has 1 aromatic heterocycles. The fourth-order valence-electron chi connectivity index (χ4n) is 3.01. The smallest absolute Gasteiger partial charge is 0.145 e. The van der Waals surface area contributed by atoms with Crippen molar-refractivity contribution in [2.24, 2.45) is 0 Å². The van der Waals surface area contributed by atoms with Crippen molar-refractivity contribution in [3.63, 3.8) is 0 Å². The van der Waals surface area contributed by atoms with E-state index in [1.165, 1.54) is 32.9 Å². The third-order valence-corrected chi connectivity index (χ3v) is 5.69. The largest absolute Gasteiger partial charge is 0.295 e. The molecular weight excluding hydrogens is 330 g/mol. The van der Waals surface area contributed by atoms with Crippen molar-refractivity contribution in [3.05, 3.63) is 83.9 Å². The number of benzene rings is 3. The van der Waals surface area contributed by atoms with Crippen LogP contribution in [0, 0.1) is 6.92 Å². The van der Waals surface area contributed by atoms with Gasteiger partial charge in [-0.2, -0.15) is 0 Å². The van der Waals surface area contributed by atoms with Crippen molar-refractivity contribution in [1.82, 2.24) is 4.57 Å². The summed E-state index contributed by atoms with van der Waals surface area (Å²) in [4.78, 5) is 0. The highest BCUT2D eigenvalue weighted by Gasteiger charge is 2.13. The molecule has 0 saturated carbocycles. The number of aromatic nitrogens is 1. The fraction of sp³-hybridized carbons (Fsp3) is 0.0952. The van der Waals surface area contributed by atoms with Crippen LogP contribution in [0.2, 0.25) is 0 Å². The number of hydrogen-bond donors (Lipinski definition) is 0. The van der Waals surface area contributed by atoms with Crippen molar-refractivity contribution >= 4 is 50.1 Å². The maximum absolute atomic E-state index is 5.78. The first-order chi connectivity index (χ1) is 11.7. The van der Waals surface area contributed by atoms with Crippen LogP contribution in [0.25, 0.3) is 21.8 Å². The van der Waals surface area contributed by atoms with Crippen LogP contribution < -0.4 is 0 Å². The molecule has 0 radical (unpaired) electrons. The zero-order valence-corrected chi connectivity index (χ0v) is 15.0. The number of aryl methyl sites for hydroxylation is 1. The van der Waals surface area contributed by atoms with Gasteiger partial charge in [-0.05, 0) is 24.6 Å². The zero-order valence-electron chi connectivity index (χ0n) is 13.4. The second kappa shape index (κ2) is 6.42. The third kappa shape index (κ3) is 2.74. The van der Waals surface area contributed by atoms with E-state index in [2.05, 4.69) is 84.3 Å². The number of thiocarbonyl (C=S) groups is 1. The minimum absolute atomic E-state index is 0.889. The van der Waals surface area contributed by atoms with E-state index in [0.29, 0.717) is 0 Å². The Hall–Kier alpha value is -2.10. The maximum Gasteiger partial charge on any atom is 0.145 e. The molecule has 118 valence electrons. The van der Waals surface area contributed by atoms with Crippen molar-refractivity contribution in [1.29, 1.82) is 0 Å². The standard InChI is InChI=1S/C21H17NS2/c1-15-10-12-16(13-11-15)14-24-21(23)22-19-8-4-2-6-17(19)18-7-3-5-9-20(18)22/h2-13H,14H2,1H3. The highest BCUT2D eigenvalue weighted by Crippen LogP contribution is 2.31. The molecule has 0 fully saturated rings. The summed E-state index contributed by atoms with van der Waals surface area (Å²) in [6, 6.07) is 25.6. The molecule has 0 spiro atoms. The van der Waals surface area contributed by atoms with Crippen molar-refractivity contribution in [2.45, 2.75) is 12.7 Å². The Labute approximate surface area is 151 Å². The molecule has 3 aromatic carbocycles. The molecule has 3 heteroatoms. The van der Waals surface area contributed by atoms with Crippen molar-refractivity contribution < 1.29 is 0 Å². The van der Waals surface area contributed by atoms with Crippen LogP contribution in [-0.4, -0.2) is 8.89 Å². The minimum Gasteiger partial charge on any atom is -0.295 e. The molecule has 0 unspecified atom stereocenters. The average Bonchev–Trinajstić information content (AvgIpc) is 2.96. The lowest BCUT2D eigenvalue weighted by Crippen LogP contribution is -2.04. The number of hydrogen-bond acceptors (Lipinski definition) is 2. The number of rotatable bonds is 2. The predicted molar refractivity (Wildman–Crippen MR) is 110 cm³/mol. The van der Waals surface area contributed by atoms with Gasteiger partial charge in [0.05, 0.1) is 11.0 Å². The minimum atomic E-state index is 0.889. The van der Waals surface area contributed by atoms with Crippen LogP contribution in [0.15, 0.2) is 72.8 Å². The zero-order chi connectivity index (χ0) is 16.5. The summed E-state index contributed by atoms with van der Waals surface area (Å²) in [7, 11) is 0. The van der Waals surface area contributed by atoms with Gasteiger partial charge in [0.2, 0.25) is 0 Å². The molecule has 0 aliphatic carbocycles. The Morgan fingerprint density at radius 3 is 1.96 bits per heavy atom. The lowest BCUT2D eigenvalue weighted by molar-refractivity contribution is 1.34. The van der Waals surface area contributed by atoms with Crippen LogP contribution >= 0.6 is 24.0 Å². The summed E-state index contributed by atoms with van der Waals surface area (Å²) >= 11 is 7.50. The van der Waals surface area contributed by atoms with Gasteiger partial charge in [0.15, 0.2) is 0 Å². The van der Waals surface area contributed by atoms with Crippen LogP contribution in [0.4, 0.5) is 0 Å². The molecule has 1 nitrogen and oxygen atoms in total. The molecule has 4 rings (SSSR count). The summed E-state index contributed by atoms with van der Waals surface area (Å²) in [6.07, 6.45) is 0. The monoisotopic (exact) mass is 347 g/mol. The van der Waals surface area contributed by atoms with Gasteiger partial charge in [-0.1, -0.05) is 90.2 Å². The van der Waals surface area contributed by atoms with Crippen LogP contribution in [0.1, 0.15) is 11.1 Å². The van der Waals surface area contributed by atoms with Gasteiger partial charge in [-0.3, -0.25) is 4.57 Å². The van der Waals surface area contributed by atoms with E-state index in [-0.39, 0.29) is 0 Å². The summed E-state index contributed by atoms with van der Waals surface area (Å²) in [5, 5.41) is 2.51. The van der Waals surface area contributed by atoms with Crippen molar-refractivity contribution in [3.8, 4) is 0 Å². The van der Waals surface area contributed by atoms with E-state index in [9.17, 15) is 0 Å². The highest BCUT2D eigenvalue weighted by atomic mass is 32.2. The Balaban J connectivity index is 1.71. The van der Waals surface area contributed by atoms with E-state index >= 15 is 0 Å². The second-order valence-corrected chi connectivity index (χ2v) is 7.52. The fourth-order valence-corrected chi connectivity index (χ4v) is 4.20. The van der Waals surface area contributed by atoms with Crippen LogP contribution in [-0.2, 0) is 5.75 Å². The topological polar surface area (TPSA) is 4.93 Å². The summed E-state index contributed by atoms with van der Waals surface area (Å²) in [6.45, 7) is 2.11. The van der Waals surface area contributed by atoms with E-state index in [0.717, 1.165) is 10.1 Å². The van der Waals surface area contributed by atoms with Gasteiger partial charge in [-0.25, -0.2) is 0 Å². The molecule has 0 bridgehead atoms. The van der Waals surface area contributed by atoms with Gasteiger partial charge < -0.3 is 0 Å². The second-order valence-electron chi connectivity index (χ2n) is 5.91. The third-order valence-electron chi connectivity index (χ3n) is 4.25. The Morgan fingerprint density at radius 1 is 0.833 bits per heavy atom. The number of para-hydroxylation sites is 2. The van der Waals surface area contributed by atoms with Gasteiger partial charge in [0.1, 0.15) is 4.32 Å². The van der Waals surface area contributed by atoms with E-state index in [1.807, 2.05) is 0 Å². The SMILES string of the molecule is Cc1ccc(CSC(=S)n2c3ccccc3c3ccccc32)cc1. The Bertz CT molecular complexity index is 976. The maximum atomic E-state index is 5.78. The normalized spacial score (nSPS) is 11.2. The van der Waals surface area contributed by atoms with E-state index < -0.39 is 0 Å². The van der Waals surface area contributed by atoms with Gasteiger partial charge >= 0.3 is 0 Å². The first-order valence-corrected chi connectivity index (χ1v) is 9.34. The van der Waals surface area contributed by atoms with Crippen LogP contribution in [0.3, 0.4) is 0 Å². The molecule has 0 atom stereocenters. The molecule has 0 amide bonds. The summed E-state index contributed by atoms with van der Waals surface area (Å²) in [5.74, 6) is 0.889. The highest BCUT2D eigenvalue weighted by molar-refractivity contribution is 8.22. The summed E-state index contributed by atoms with van der Waals surface area (Å²) in [5.41, 5.74) is 4.95. The molecule has 4 aromatic rings. The lowest BCUT2D eigenvalue weighted by atomic mass is 10.2. The van der Waals surface area contributed by atoms with E-state index in [4.69, 9.17) is 12.2 Å². The molecular formula is C21H17NS2. The first-order valence-electron chi connectivity index (χ1n) is 7.95. The number of thioether (sulfide) groups is 1. The molecule has 0 saturated heterocycles. The van der Waals surface area contributed by atoms with Gasteiger partial charge in [-0.15, -0.1) is 0 Å². The predicted octanol–water partition coefficient (Wildman–Crippen LogP) is 6.17. The van der Waals surface area contributed by atoms with Crippen molar-refractivity contribution in [2.75, 3.05) is 0 Å². The number of nitrogens with zero attached hydrogens (tertiary/aromatic N) is 1. The van der Waals surface area contributed by atoms with Gasteiger partial charge in [0.25, 0.3) is 0 Å². The van der Waals surface area contributed by atoms with Crippen LogP contribution in [0.5, 0.6) is 0 Å². The van der Waals surface area contributed by atoms with Gasteiger partial charge in [0, 0.05) is 16.5 Å². The van der Waals surface area contributed by atoms with E-state index in [1.54, 1.807) is 11.8 Å². The molecule has 0 aliphatic rings. The molecule has 24 heavy (non-hydrogen) atoms. The quantitative estimate of drug-likeness (QED) is 0.400. The number of fused-ring (bicyclic) bond motifs is 3. The lowest BCUT2D eigenvalue weighted by Gasteiger charge is -2.09. The molecule has 0 aliphatic heterocycles. The summed E-state index contributed by atoms with van der Waals surface area (Å²) < 4.78 is 3.10. The average molecular weight is 348 g/mol. The molecule has 0 N–H and O–H groups in total. The first kappa shape index (κ1) is 15.4. The Kier molecular flexibility index (Phi) is 4.13. The Morgan fingerprint density at radius 2 is 1.38 bits per heavy atom. The molecule has 1 heterocycles.